The first kappa shape index (κ1) is 14.1. The normalized spacial score (nSPS) is 13.5. The van der Waals surface area contributed by atoms with Crippen LogP contribution >= 0.6 is 0 Å². The van der Waals surface area contributed by atoms with Gasteiger partial charge in [0, 0.05) is 17.7 Å². The van der Waals surface area contributed by atoms with E-state index in [0.29, 0.717) is 34.6 Å². The van der Waals surface area contributed by atoms with Gasteiger partial charge in [0.05, 0.1) is 18.1 Å². The zero-order valence-electron chi connectivity index (χ0n) is 12.6. The van der Waals surface area contributed by atoms with Gasteiger partial charge in [-0.15, -0.1) is 21.7 Å². The lowest BCUT2D eigenvalue weighted by Crippen LogP contribution is -2.06. The van der Waals surface area contributed by atoms with E-state index in [1.54, 1.807) is 30.6 Å². The van der Waals surface area contributed by atoms with E-state index in [-0.39, 0.29) is 5.75 Å². The molecule has 2 aromatic heterocycles. The van der Waals surface area contributed by atoms with Gasteiger partial charge in [-0.25, -0.2) is 9.67 Å². The van der Waals surface area contributed by atoms with Gasteiger partial charge in [0.1, 0.15) is 11.4 Å². The van der Waals surface area contributed by atoms with E-state index < -0.39 is 0 Å². The molecule has 1 aliphatic carbocycles. The quantitative estimate of drug-likeness (QED) is 0.700. The number of hydrogen-bond donors (Lipinski definition) is 2. The molecule has 8 nitrogen and oxygen atoms in total. The van der Waals surface area contributed by atoms with Crippen LogP contribution in [0.3, 0.4) is 0 Å². The van der Waals surface area contributed by atoms with Gasteiger partial charge in [0.15, 0.2) is 5.69 Å². The number of terminal acetylenes is 1. The molecule has 0 bridgehead atoms. The van der Waals surface area contributed by atoms with Crippen molar-refractivity contribution in [3.63, 3.8) is 0 Å². The largest absolute Gasteiger partial charge is 0.507 e. The van der Waals surface area contributed by atoms with Gasteiger partial charge in [-0.05, 0) is 30.9 Å². The summed E-state index contributed by atoms with van der Waals surface area (Å²) in [4.78, 5) is 4.23. The first-order chi connectivity index (χ1) is 11.7. The molecule has 0 saturated heterocycles. The molecule has 1 aliphatic rings. The summed E-state index contributed by atoms with van der Waals surface area (Å²) in [6.07, 6.45) is 10.7. The second-order valence-corrected chi connectivity index (χ2v) is 5.48. The zero-order valence-corrected chi connectivity index (χ0v) is 12.6. The van der Waals surface area contributed by atoms with Crippen LogP contribution in [0.4, 0.5) is 5.95 Å². The minimum Gasteiger partial charge on any atom is -0.507 e. The molecule has 0 radical (unpaired) electrons. The molecule has 118 valence electrons. The molecule has 0 amide bonds. The molecule has 8 heteroatoms. The number of anilines is 1. The summed E-state index contributed by atoms with van der Waals surface area (Å²) in [5.41, 5.74) is 2.09. The number of rotatable bonds is 4. The average molecular weight is 319 g/mol. The van der Waals surface area contributed by atoms with Crippen LogP contribution in [-0.2, 0) is 0 Å². The molecule has 2 heterocycles. The smallest absolute Gasteiger partial charge is 0.242 e. The van der Waals surface area contributed by atoms with Crippen molar-refractivity contribution in [2.24, 2.45) is 0 Å². The zero-order chi connectivity index (χ0) is 16.5. The first-order valence-electron chi connectivity index (χ1n) is 7.42. The Hall–Kier alpha value is -3.47. The number of aromatic nitrogens is 6. The highest BCUT2D eigenvalue weighted by molar-refractivity contribution is 5.68. The molecule has 4 rings (SSSR count). The fourth-order valence-electron chi connectivity index (χ4n) is 2.21. The van der Waals surface area contributed by atoms with Gasteiger partial charge in [0.2, 0.25) is 5.95 Å². The second kappa shape index (κ2) is 5.62. The van der Waals surface area contributed by atoms with Crippen molar-refractivity contribution in [3.05, 3.63) is 36.3 Å². The number of phenols is 1. The van der Waals surface area contributed by atoms with Crippen LogP contribution < -0.4 is 5.32 Å². The molecule has 1 fully saturated rings. The summed E-state index contributed by atoms with van der Waals surface area (Å²) < 4.78 is 1.49. The Morgan fingerprint density at radius 2 is 2.12 bits per heavy atom. The topological polar surface area (TPSA) is 102 Å². The van der Waals surface area contributed by atoms with Crippen molar-refractivity contribution in [1.82, 2.24) is 30.2 Å². The van der Waals surface area contributed by atoms with E-state index >= 15 is 0 Å². The number of hydrogen-bond acceptors (Lipinski definition) is 7. The van der Waals surface area contributed by atoms with Crippen LogP contribution in [0.1, 0.15) is 18.5 Å². The summed E-state index contributed by atoms with van der Waals surface area (Å²) in [7, 11) is 0. The van der Waals surface area contributed by atoms with Crippen LogP contribution in [-0.4, -0.2) is 41.3 Å². The number of phenolic OH excluding ortho intramolecular Hbond substituents is 1. The molecule has 1 aromatic carbocycles. The Kier molecular flexibility index (Phi) is 3.31. The van der Waals surface area contributed by atoms with E-state index in [4.69, 9.17) is 6.42 Å². The number of aromatic hydroxyl groups is 1. The highest BCUT2D eigenvalue weighted by Crippen LogP contribution is 2.29. The molecule has 0 unspecified atom stereocenters. The Balaban J connectivity index is 1.60. The molecular formula is C16H13N7O. The van der Waals surface area contributed by atoms with Gasteiger partial charge in [0.25, 0.3) is 0 Å². The average Bonchev–Trinajstić information content (AvgIpc) is 3.28. The Morgan fingerprint density at radius 1 is 1.25 bits per heavy atom. The lowest BCUT2D eigenvalue weighted by Gasteiger charge is -2.07. The van der Waals surface area contributed by atoms with E-state index in [0.717, 1.165) is 12.8 Å². The molecule has 0 aliphatic heterocycles. The first-order valence-corrected chi connectivity index (χ1v) is 7.42. The van der Waals surface area contributed by atoms with Crippen molar-refractivity contribution in [2.75, 3.05) is 5.32 Å². The summed E-state index contributed by atoms with van der Waals surface area (Å²) in [6.45, 7) is 0. The van der Waals surface area contributed by atoms with E-state index in [9.17, 15) is 5.11 Å². The SMILES string of the molecule is C#Cc1cn(-c2ccc(-c3cnc(NC4CC4)nn3)c(O)c2)nn1. The summed E-state index contributed by atoms with van der Waals surface area (Å²) in [6, 6.07) is 5.52. The molecule has 24 heavy (non-hydrogen) atoms. The van der Waals surface area contributed by atoms with E-state index in [1.165, 1.54) is 4.68 Å². The highest BCUT2D eigenvalue weighted by Gasteiger charge is 2.22. The monoisotopic (exact) mass is 319 g/mol. The Labute approximate surface area is 137 Å². The lowest BCUT2D eigenvalue weighted by atomic mass is 10.1. The van der Waals surface area contributed by atoms with Crippen molar-refractivity contribution < 1.29 is 5.11 Å². The number of benzene rings is 1. The molecule has 0 atom stereocenters. The van der Waals surface area contributed by atoms with Crippen LogP contribution in [0, 0.1) is 12.3 Å². The minimum absolute atomic E-state index is 0.0456. The third kappa shape index (κ3) is 2.75. The summed E-state index contributed by atoms with van der Waals surface area (Å²) in [5, 5.41) is 29.3. The third-order valence-corrected chi connectivity index (χ3v) is 3.64. The highest BCUT2D eigenvalue weighted by atomic mass is 16.3. The maximum Gasteiger partial charge on any atom is 0.242 e. The molecule has 1 saturated carbocycles. The van der Waals surface area contributed by atoms with Crippen molar-refractivity contribution >= 4 is 5.95 Å². The van der Waals surface area contributed by atoms with Crippen LogP contribution in [0.15, 0.2) is 30.6 Å². The maximum atomic E-state index is 10.3. The van der Waals surface area contributed by atoms with Gasteiger partial charge >= 0.3 is 0 Å². The fourth-order valence-corrected chi connectivity index (χ4v) is 2.21. The second-order valence-electron chi connectivity index (χ2n) is 5.48. The molecule has 3 aromatic rings. The van der Waals surface area contributed by atoms with Crippen LogP contribution in [0.2, 0.25) is 0 Å². The predicted molar refractivity (Wildman–Crippen MR) is 86.4 cm³/mol. The van der Waals surface area contributed by atoms with Gasteiger partial charge < -0.3 is 10.4 Å². The van der Waals surface area contributed by atoms with Gasteiger partial charge in [-0.1, -0.05) is 5.21 Å². The number of nitrogens with zero attached hydrogens (tertiary/aromatic N) is 6. The molecule has 2 N–H and O–H groups in total. The summed E-state index contributed by atoms with van der Waals surface area (Å²) in [5.74, 6) is 2.95. The predicted octanol–water partition coefficient (Wildman–Crippen LogP) is 1.38. The van der Waals surface area contributed by atoms with Gasteiger partial charge in [-0.2, -0.15) is 0 Å². The maximum absolute atomic E-state index is 10.3. The van der Waals surface area contributed by atoms with E-state index in [2.05, 4.69) is 36.7 Å². The minimum atomic E-state index is 0.0456. The van der Waals surface area contributed by atoms with Crippen molar-refractivity contribution in [2.45, 2.75) is 18.9 Å². The molecule has 0 spiro atoms. The van der Waals surface area contributed by atoms with Crippen molar-refractivity contribution in [1.29, 1.82) is 0 Å². The van der Waals surface area contributed by atoms with Crippen LogP contribution in [0.5, 0.6) is 5.75 Å². The Morgan fingerprint density at radius 3 is 2.75 bits per heavy atom. The summed E-state index contributed by atoms with van der Waals surface area (Å²) >= 11 is 0. The van der Waals surface area contributed by atoms with Crippen molar-refractivity contribution in [3.8, 4) is 35.0 Å². The number of nitrogens with one attached hydrogen (secondary N) is 1. The third-order valence-electron chi connectivity index (χ3n) is 3.64. The lowest BCUT2D eigenvalue weighted by molar-refractivity contribution is 0.476. The fraction of sp³-hybridized carbons (Fsp3) is 0.188. The molecular weight excluding hydrogens is 306 g/mol. The van der Waals surface area contributed by atoms with E-state index in [1.807, 2.05) is 0 Å². The van der Waals surface area contributed by atoms with Gasteiger partial charge in [-0.3, -0.25) is 0 Å². The standard InChI is InChI=1S/C16H13N7O/c1-2-10-9-23(22-19-10)12-5-6-13(15(24)7-12)14-8-17-16(21-20-14)18-11-3-4-11/h1,5-9,11,24H,3-4H2,(H,17,18,21). The Bertz CT molecular complexity index is 922. The van der Waals surface area contributed by atoms with Crippen LogP contribution in [0.25, 0.3) is 16.9 Å².